The largest absolute Gasteiger partial charge is 0.389 e. The van der Waals surface area contributed by atoms with Gasteiger partial charge in [0.2, 0.25) is 0 Å². The highest BCUT2D eigenvalue weighted by Gasteiger charge is 2.28. The van der Waals surface area contributed by atoms with Crippen LogP contribution in [0.5, 0.6) is 0 Å². The minimum Gasteiger partial charge on any atom is -0.389 e. The molecule has 1 aliphatic rings. The van der Waals surface area contributed by atoms with Crippen LogP contribution in [0.25, 0.3) is 0 Å². The molecule has 0 amide bonds. The first-order valence-electron chi connectivity index (χ1n) is 7.58. The molecule has 0 saturated carbocycles. The number of nitrogens with zero attached hydrogens (tertiary/aromatic N) is 1. The fourth-order valence-corrected chi connectivity index (χ4v) is 3.33. The van der Waals surface area contributed by atoms with Gasteiger partial charge >= 0.3 is 0 Å². The summed E-state index contributed by atoms with van der Waals surface area (Å²) in [4.78, 5) is 2.72. The summed E-state index contributed by atoms with van der Waals surface area (Å²) in [6.07, 6.45) is 2.39. The molecule has 1 aliphatic heterocycles. The van der Waals surface area contributed by atoms with Crippen molar-refractivity contribution in [2.45, 2.75) is 40.2 Å². The highest BCUT2D eigenvalue weighted by molar-refractivity contribution is 7.80. The maximum atomic E-state index is 13.5. The summed E-state index contributed by atoms with van der Waals surface area (Å²) in [7, 11) is 0. The van der Waals surface area contributed by atoms with Crippen molar-refractivity contribution in [3.05, 3.63) is 35.1 Å². The molecule has 116 valence electrons. The fourth-order valence-electron chi connectivity index (χ4n) is 3.13. The van der Waals surface area contributed by atoms with Crippen molar-refractivity contribution in [3.8, 4) is 0 Å². The Bertz CT molecular complexity index is 514. The lowest BCUT2D eigenvalue weighted by Crippen LogP contribution is -2.37. The van der Waals surface area contributed by atoms with E-state index in [0.717, 1.165) is 36.7 Å². The van der Waals surface area contributed by atoms with E-state index >= 15 is 0 Å². The molecule has 2 rings (SSSR count). The molecule has 1 heterocycles. The molecule has 21 heavy (non-hydrogen) atoms. The van der Waals surface area contributed by atoms with Crippen molar-refractivity contribution in [2.24, 2.45) is 17.1 Å². The van der Waals surface area contributed by atoms with E-state index in [4.69, 9.17) is 18.0 Å². The van der Waals surface area contributed by atoms with E-state index in [2.05, 4.69) is 25.7 Å². The normalized spacial score (nSPS) is 17.9. The van der Waals surface area contributed by atoms with Gasteiger partial charge in [-0.15, -0.1) is 0 Å². The van der Waals surface area contributed by atoms with Crippen LogP contribution in [-0.2, 0) is 6.54 Å². The quantitative estimate of drug-likeness (QED) is 0.863. The van der Waals surface area contributed by atoms with Crippen LogP contribution in [0.3, 0.4) is 0 Å². The molecule has 2 N–H and O–H groups in total. The number of piperidine rings is 1. The first kappa shape index (κ1) is 16.4. The molecule has 1 fully saturated rings. The summed E-state index contributed by atoms with van der Waals surface area (Å²) in [5.74, 6) is 0.533. The lowest BCUT2D eigenvalue weighted by molar-refractivity contribution is 0.108. The maximum absolute atomic E-state index is 13.5. The van der Waals surface area contributed by atoms with Gasteiger partial charge in [0.1, 0.15) is 10.8 Å². The predicted molar refractivity (Wildman–Crippen MR) is 89.7 cm³/mol. The van der Waals surface area contributed by atoms with Crippen LogP contribution in [0.4, 0.5) is 4.39 Å². The second kappa shape index (κ2) is 6.41. The Labute approximate surface area is 132 Å². The molecule has 0 aromatic heterocycles. The smallest absolute Gasteiger partial charge is 0.123 e. The van der Waals surface area contributed by atoms with E-state index in [9.17, 15) is 4.39 Å². The average molecular weight is 308 g/mol. The lowest BCUT2D eigenvalue weighted by Gasteiger charge is -2.39. The van der Waals surface area contributed by atoms with Crippen LogP contribution < -0.4 is 5.73 Å². The number of thiocarbonyl (C=S) groups is 1. The maximum Gasteiger partial charge on any atom is 0.123 e. The van der Waals surface area contributed by atoms with E-state index in [-0.39, 0.29) is 5.82 Å². The summed E-state index contributed by atoms with van der Waals surface area (Å²) < 4.78 is 13.5. The number of hydrogen-bond acceptors (Lipinski definition) is 2. The first-order valence-corrected chi connectivity index (χ1v) is 7.99. The SMILES string of the molecule is CC(C)(C)C1CCN(Cc2cc(F)ccc2C(N)=S)CC1. The molecule has 0 radical (unpaired) electrons. The fraction of sp³-hybridized carbons (Fsp3) is 0.588. The van der Waals surface area contributed by atoms with Crippen LogP contribution in [-0.4, -0.2) is 23.0 Å². The van der Waals surface area contributed by atoms with Crippen LogP contribution in [0, 0.1) is 17.2 Å². The van der Waals surface area contributed by atoms with Crippen molar-refractivity contribution in [1.82, 2.24) is 4.90 Å². The molecule has 0 bridgehead atoms. The molecule has 0 spiro atoms. The number of halogens is 1. The predicted octanol–water partition coefficient (Wildman–Crippen LogP) is 3.72. The van der Waals surface area contributed by atoms with Crippen molar-refractivity contribution in [3.63, 3.8) is 0 Å². The van der Waals surface area contributed by atoms with E-state index in [1.807, 2.05) is 0 Å². The Balaban J connectivity index is 2.04. The Kier molecular flexibility index (Phi) is 4.99. The highest BCUT2D eigenvalue weighted by Crippen LogP contribution is 2.34. The minimum atomic E-state index is -0.227. The Morgan fingerprint density at radius 2 is 1.95 bits per heavy atom. The highest BCUT2D eigenvalue weighted by atomic mass is 32.1. The van der Waals surface area contributed by atoms with Crippen LogP contribution in [0.2, 0.25) is 0 Å². The number of benzene rings is 1. The molecular formula is C17H25FN2S. The molecule has 1 aromatic carbocycles. The van der Waals surface area contributed by atoms with E-state index in [1.54, 1.807) is 12.1 Å². The third-order valence-corrected chi connectivity index (χ3v) is 4.76. The second-order valence-corrected chi connectivity index (χ2v) is 7.52. The average Bonchev–Trinajstić information content (AvgIpc) is 2.38. The molecule has 4 heteroatoms. The number of rotatable bonds is 3. The van der Waals surface area contributed by atoms with Gasteiger partial charge in [0.05, 0.1) is 0 Å². The summed E-state index contributed by atoms with van der Waals surface area (Å²) in [5, 5.41) is 0. The van der Waals surface area contributed by atoms with Crippen LogP contribution in [0.1, 0.15) is 44.7 Å². The number of hydrogen-bond donors (Lipinski definition) is 1. The minimum absolute atomic E-state index is 0.227. The zero-order valence-electron chi connectivity index (χ0n) is 13.2. The molecule has 0 unspecified atom stereocenters. The number of likely N-dealkylation sites (tertiary alicyclic amines) is 1. The third kappa shape index (κ3) is 4.24. The van der Waals surface area contributed by atoms with Gasteiger partial charge in [-0.3, -0.25) is 4.90 Å². The second-order valence-electron chi connectivity index (χ2n) is 7.08. The Morgan fingerprint density at radius 1 is 1.33 bits per heavy atom. The molecule has 2 nitrogen and oxygen atoms in total. The van der Waals surface area contributed by atoms with Gasteiger partial charge < -0.3 is 5.73 Å². The van der Waals surface area contributed by atoms with Gasteiger partial charge in [-0.25, -0.2) is 4.39 Å². The van der Waals surface area contributed by atoms with Gasteiger partial charge in [0.15, 0.2) is 0 Å². The first-order chi connectivity index (χ1) is 9.77. The van der Waals surface area contributed by atoms with Gasteiger partial charge in [-0.1, -0.05) is 33.0 Å². The standard InChI is InChI=1S/C17H25FN2S/c1-17(2,3)13-6-8-20(9-7-13)11-12-10-14(18)4-5-15(12)16(19)21/h4-5,10,13H,6-9,11H2,1-3H3,(H2,19,21). The van der Waals surface area contributed by atoms with Crippen molar-refractivity contribution in [2.75, 3.05) is 13.1 Å². The molecule has 1 saturated heterocycles. The monoisotopic (exact) mass is 308 g/mol. The zero-order valence-corrected chi connectivity index (χ0v) is 14.0. The van der Waals surface area contributed by atoms with Crippen molar-refractivity contribution >= 4 is 17.2 Å². The molecule has 0 aliphatic carbocycles. The molecule has 1 aromatic rings. The van der Waals surface area contributed by atoms with E-state index < -0.39 is 0 Å². The summed E-state index contributed by atoms with van der Waals surface area (Å²) in [6, 6.07) is 4.67. The number of nitrogens with two attached hydrogens (primary N) is 1. The molecular weight excluding hydrogens is 283 g/mol. The third-order valence-electron chi connectivity index (χ3n) is 4.54. The Hall–Kier alpha value is -1.00. The summed E-state index contributed by atoms with van der Waals surface area (Å²) in [6.45, 7) is 9.76. The van der Waals surface area contributed by atoms with Crippen LogP contribution >= 0.6 is 12.2 Å². The molecule has 0 atom stereocenters. The lowest BCUT2D eigenvalue weighted by atomic mass is 9.75. The van der Waals surface area contributed by atoms with Gasteiger partial charge in [-0.05, 0) is 61.0 Å². The van der Waals surface area contributed by atoms with Crippen molar-refractivity contribution < 1.29 is 4.39 Å². The van der Waals surface area contributed by atoms with Gasteiger partial charge in [-0.2, -0.15) is 0 Å². The summed E-state index contributed by atoms with van der Waals surface area (Å²) >= 11 is 5.06. The van der Waals surface area contributed by atoms with E-state index in [0.29, 0.717) is 10.4 Å². The topological polar surface area (TPSA) is 29.3 Å². The van der Waals surface area contributed by atoms with Gasteiger partial charge in [0.25, 0.3) is 0 Å². The zero-order chi connectivity index (χ0) is 15.6. The Morgan fingerprint density at radius 3 is 2.48 bits per heavy atom. The van der Waals surface area contributed by atoms with Gasteiger partial charge in [0, 0.05) is 12.1 Å². The van der Waals surface area contributed by atoms with Crippen molar-refractivity contribution in [1.29, 1.82) is 0 Å². The summed E-state index contributed by atoms with van der Waals surface area (Å²) in [5.41, 5.74) is 7.80. The van der Waals surface area contributed by atoms with Crippen LogP contribution in [0.15, 0.2) is 18.2 Å². The van der Waals surface area contributed by atoms with E-state index in [1.165, 1.54) is 18.9 Å².